The summed E-state index contributed by atoms with van der Waals surface area (Å²) in [6, 6.07) is 21.2. The summed E-state index contributed by atoms with van der Waals surface area (Å²) in [5.74, 6) is 1.10. The van der Waals surface area contributed by atoms with Crippen LogP contribution in [0.4, 0.5) is 0 Å². The van der Waals surface area contributed by atoms with Crippen LogP contribution in [-0.2, 0) is 6.42 Å². The lowest BCUT2D eigenvalue weighted by Crippen LogP contribution is -2.38. The van der Waals surface area contributed by atoms with E-state index >= 15 is 0 Å². The van der Waals surface area contributed by atoms with Crippen molar-refractivity contribution in [1.29, 1.82) is 0 Å². The molecule has 4 aromatic rings. The number of phenols is 1. The number of nitrogens with zero attached hydrogens (tertiary/aromatic N) is 2. The highest BCUT2D eigenvalue weighted by molar-refractivity contribution is 7.07. The normalized spacial score (nSPS) is 16.6. The van der Waals surface area contributed by atoms with Crippen LogP contribution in [-0.4, -0.2) is 23.9 Å². The number of allylic oxidation sites excluding steroid dienone is 1. The maximum atomic E-state index is 13.9. The van der Waals surface area contributed by atoms with Crippen LogP contribution in [0.15, 0.2) is 82.1 Å². The first-order valence-corrected chi connectivity index (χ1v) is 12.5. The molecule has 0 bridgehead atoms. The molecule has 0 saturated heterocycles. The Morgan fingerprint density at radius 1 is 1.03 bits per heavy atom. The Bertz CT molecular complexity index is 1710. The molecule has 0 fully saturated rings. The summed E-state index contributed by atoms with van der Waals surface area (Å²) in [6.07, 6.45) is 3.42. The van der Waals surface area contributed by atoms with Gasteiger partial charge in [0.2, 0.25) is 0 Å². The highest BCUT2D eigenvalue weighted by Crippen LogP contribution is 2.41. The van der Waals surface area contributed by atoms with E-state index in [0.29, 0.717) is 20.6 Å². The van der Waals surface area contributed by atoms with Crippen LogP contribution in [0.2, 0.25) is 0 Å². The molecular weight excluding hydrogens is 472 g/mol. The lowest BCUT2D eigenvalue weighted by molar-refractivity contribution is 0.373. The Balaban J connectivity index is 1.62. The molecule has 1 aliphatic carbocycles. The third kappa shape index (κ3) is 3.55. The Morgan fingerprint density at radius 3 is 2.69 bits per heavy atom. The number of para-hydroxylation sites is 1. The number of rotatable bonds is 4. The fourth-order valence-electron chi connectivity index (χ4n) is 5.10. The molecule has 1 aliphatic heterocycles. The number of thiazole rings is 1. The number of fused-ring (bicyclic) bond motifs is 3. The predicted molar refractivity (Wildman–Crippen MR) is 140 cm³/mol. The summed E-state index contributed by atoms with van der Waals surface area (Å²) in [5, 5.41) is 10.6. The standard InChI is InChI=1S/C29H24N2O4S/c1-34-20-10-5-8-18(15-20)26-22-14-13-17-7-3-4-11-21(17)25(22)30-29-31(26)28(33)24(36-29)16-19-9-6-12-23(35-2)27(19)32/h3-12,15-16,26,32H,13-14H2,1-2H3/b24-16+. The molecule has 2 heterocycles. The van der Waals surface area contributed by atoms with Crippen molar-refractivity contribution >= 4 is 23.1 Å². The number of benzene rings is 3. The van der Waals surface area contributed by atoms with Gasteiger partial charge in [-0.15, -0.1) is 0 Å². The van der Waals surface area contributed by atoms with Crippen molar-refractivity contribution in [3.63, 3.8) is 0 Å². The fraction of sp³-hybridized carbons (Fsp3) is 0.172. The second-order valence-electron chi connectivity index (χ2n) is 8.79. The number of hydrogen-bond donors (Lipinski definition) is 1. The number of aromatic nitrogens is 1. The lowest BCUT2D eigenvalue weighted by atomic mass is 9.83. The molecule has 1 atom stereocenters. The van der Waals surface area contributed by atoms with Gasteiger partial charge in [0.15, 0.2) is 16.3 Å². The third-order valence-corrected chi connectivity index (χ3v) is 7.80. The average Bonchev–Trinajstić information content (AvgIpc) is 3.22. The van der Waals surface area contributed by atoms with Gasteiger partial charge in [0.1, 0.15) is 5.75 Å². The van der Waals surface area contributed by atoms with E-state index in [-0.39, 0.29) is 17.4 Å². The highest BCUT2D eigenvalue weighted by atomic mass is 32.1. The maximum Gasteiger partial charge on any atom is 0.271 e. The first-order chi connectivity index (χ1) is 17.6. The minimum absolute atomic E-state index is 0.00315. The molecule has 0 radical (unpaired) electrons. The maximum absolute atomic E-state index is 13.9. The first kappa shape index (κ1) is 22.4. The minimum Gasteiger partial charge on any atom is -0.504 e. The molecule has 6 nitrogen and oxygen atoms in total. The topological polar surface area (TPSA) is 73.1 Å². The van der Waals surface area contributed by atoms with E-state index in [1.807, 2.05) is 30.3 Å². The summed E-state index contributed by atoms with van der Waals surface area (Å²) in [4.78, 5) is 19.5. The van der Waals surface area contributed by atoms with Gasteiger partial charge in [0.25, 0.3) is 5.56 Å². The molecule has 6 rings (SSSR count). The Kier molecular flexibility index (Phi) is 5.49. The molecule has 180 valence electrons. The zero-order chi connectivity index (χ0) is 24.8. The van der Waals surface area contributed by atoms with Crippen molar-refractivity contribution in [1.82, 2.24) is 4.57 Å². The van der Waals surface area contributed by atoms with E-state index in [4.69, 9.17) is 14.5 Å². The summed E-state index contributed by atoms with van der Waals surface area (Å²) in [5.41, 5.74) is 5.82. The summed E-state index contributed by atoms with van der Waals surface area (Å²) in [7, 11) is 3.15. The average molecular weight is 497 g/mol. The number of hydrogen-bond acceptors (Lipinski definition) is 6. The quantitative estimate of drug-likeness (QED) is 0.463. The van der Waals surface area contributed by atoms with Crippen molar-refractivity contribution < 1.29 is 14.6 Å². The van der Waals surface area contributed by atoms with Gasteiger partial charge < -0.3 is 14.6 Å². The SMILES string of the molecule is COc1cccc(C2C3=C(N=c4s/c(=C/c5cccc(OC)c5O)c(=O)n42)c2ccccc2CC3)c1. The van der Waals surface area contributed by atoms with Crippen LogP contribution in [0, 0.1) is 0 Å². The van der Waals surface area contributed by atoms with Crippen LogP contribution >= 0.6 is 11.3 Å². The van der Waals surface area contributed by atoms with Gasteiger partial charge >= 0.3 is 0 Å². The summed E-state index contributed by atoms with van der Waals surface area (Å²) in [6.45, 7) is 0. The molecule has 1 aromatic heterocycles. The molecule has 1 N–H and O–H groups in total. The van der Waals surface area contributed by atoms with Crippen LogP contribution in [0.1, 0.15) is 34.7 Å². The van der Waals surface area contributed by atoms with Gasteiger partial charge in [-0.05, 0) is 53.8 Å². The van der Waals surface area contributed by atoms with Crippen molar-refractivity contribution in [3.8, 4) is 17.2 Å². The Labute approximate surface area is 211 Å². The molecule has 3 aromatic carbocycles. The van der Waals surface area contributed by atoms with Gasteiger partial charge in [-0.2, -0.15) is 0 Å². The zero-order valence-corrected chi connectivity index (χ0v) is 20.7. The van der Waals surface area contributed by atoms with E-state index in [2.05, 4.69) is 18.2 Å². The number of aromatic hydroxyl groups is 1. The monoisotopic (exact) mass is 496 g/mol. The molecule has 7 heteroatoms. The van der Waals surface area contributed by atoms with E-state index in [1.54, 1.807) is 36.0 Å². The molecule has 36 heavy (non-hydrogen) atoms. The highest BCUT2D eigenvalue weighted by Gasteiger charge is 2.32. The summed E-state index contributed by atoms with van der Waals surface area (Å²) >= 11 is 1.33. The third-order valence-electron chi connectivity index (χ3n) is 6.82. The number of ether oxygens (including phenoxy) is 2. The molecule has 0 spiro atoms. The number of aryl methyl sites for hydroxylation is 1. The molecule has 1 unspecified atom stereocenters. The smallest absolute Gasteiger partial charge is 0.271 e. The second kappa shape index (κ2) is 8.84. The summed E-state index contributed by atoms with van der Waals surface area (Å²) < 4.78 is 13.0. The van der Waals surface area contributed by atoms with Crippen molar-refractivity contribution in [2.75, 3.05) is 14.2 Å². The molecular formula is C29H24N2O4S. The lowest BCUT2D eigenvalue weighted by Gasteiger charge is -2.31. The Hall–Kier alpha value is -4.10. The van der Waals surface area contributed by atoms with Crippen LogP contribution in [0.5, 0.6) is 17.2 Å². The van der Waals surface area contributed by atoms with Crippen LogP contribution in [0.25, 0.3) is 11.8 Å². The van der Waals surface area contributed by atoms with Gasteiger partial charge in [-0.1, -0.05) is 59.9 Å². The number of methoxy groups -OCH3 is 2. The van der Waals surface area contributed by atoms with Crippen molar-refractivity contribution in [2.24, 2.45) is 4.99 Å². The van der Waals surface area contributed by atoms with Gasteiger partial charge in [0, 0.05) is 11.1 Å². The van der Waals surface area contributed by atoms with E-state index < -0.39 is 0 Å². The molecule has 0 amide bonds. The first-order valence-electron chi connectivity index (χ1n) is 11.7. The molecule has 0 saturated carbocycles. The van der Waals surface area contributed by atoms with Gasteiger partial charge in [0.05, 0.1) is 30.5 Å². The molecule has 2 aliphatic rings. The number of phenolic OH excluding ortho intramolecular Hbond substituents is 1. The zero-order valence-electron chi connectivity index (χ0n) is 19.9. The van der Waals surface area contributed by atoms with E-state index in [9.17, 15) is 9.90 Å². The Morgan fingerprint density at radius 2 is 1.86 bits per heavy atom. The van der Waals surface area contributed by atoms with Crippen molar-refractivity contribution in [2.45, 2.75) is 18.9 Å². The van der Waals surface area contributed by atoms with Crippen LogP contribution < -0.4 is 24.4 Å². The van der Waals surface area contributed by atoms with Crippen molar-refractivity contribution in [3.05, 3.63) is 114 Å². The minimum atomic E-state index is -0.291. The van der Waals surface area contributed by atoms with Crippen LogP contribution in [0.3, 0.4) is 0 Å². The van der Waals surface area contributed by atoms with E-state index in [0.717, 1.165) is 41.0 Å². The predicted octanol–water partition coefficient (Wildman–Crippen LogP) is 4.04. The van der Waals surface area contributed by atoms with Gasteiger partial charge in [-0.3, -0.25) is 9.36 Å². The largest absolute Gasteiger partial charge is 0.504 e. The fourth-order valence-corrected chi connectivity index (χ4v) is 6.09. The second-order valence-corrected chi connectivity index (χ2v) is 9.80. The van der Waals surface area contributed by atoms with Gasteiger partial charge in [-0.25, -0.2) is 4.99 Å². The van der Waals surface area contributed by atoms with E-state index in [1.165, 1.54) is 24.0 Å².